The molecule has 0 unspecified atom stereocenters. The number of hydrogen-bond acceptors (Lipinski definition) is 2. The molecule has 0 aliphatic carbocycles. The van der Waals surface area contributed by atoms with Gasteiger partial charge in [-0.3, -0.25) is 0 Å². The van der Waals surface area contributed by atoms with Gasteiger partial charge >= 0.3 is 5.97 Å². The topological polar surface area (TPSA) is 46.5 Å². The zero-order chi connectivity index (χ0) is 13.5. The van der Waals surface area contributed by atoms with Gasteiger partial charge in [0.2, 0.25) is 0 Å². The highest BCUT2D eigenvalue weighted by atomic mass is 35.5. The zero-order valence-corrected chi connectivity index (χ0v) is 11.3. The first-order valence-electron chi connectivity index (χ1n) is 5.83. The van der Waals surface area contributed by atoms with Crippen LogP contribution >= 0.6 is 11.6 Å². The number of halogens is 1. The molecular formula is C14H17ClO3. The minimum Gasteiger partial charge on any atom is -0.491 e. The number of para-hydroxylation sites is 1. The minimum atomic E-state index is -0.997. The maximum atomic E-state index is 10.5. The standard InChI is InChI=1S/C14H17ClO3/c1-10(2)8-9-18-14-11(6-7-13(16)17)4-3-5-12(14)15/h3-7,10H,8-9H2,1-2H3,(H,16,17)/b7-6+. The Morgan fingerprint density at radius 1 is 1.50 bits per heavy atom. The van der Waals surface area contributed by atoms with Crippen molar-refractivity contribution in [3.63, 3.8) is 0 Å². The van der Waals surface area contributed by atoms with Crippen molar-refractivity contribution in [3.8, 4) is 5.75 Å². The van der Waals surface area contributed by atoms with Gasteiger partial charge in [0.05, 0.1) is 11.6 Å². The third-order valence-electron chi connectivity index (χ3n) is 2.34. The number of carbonyl (C=O) groups is 1. The molecule has 0 aliphatic heterocycles. The molecule has 1 aromatic carbocycles. The summed E-state index contributed by atoms with van der Waals surface area (Å²) >= 11 is 6.05. The molecule has 1 N–H and O–H groups in total. The molecule has 0 heterocycles. The van der Waals surface area contributed by atoms with Gasteiger partial charge in [0.15, 0.2) is 0 Å². The van der Waals surface area contributed by atoms with E-state index in [1.807, 2.05) is 0 Å². The lowest BCUT2D eigenvalue weighted by molar-refractivity contribution is -0.131. The van der Waals surface area contributed by atoms with E-state index < -0.39 is 5.97 Å². The first-order valence-corrected chi connectivity index (χ1v) is 6.21. The number of ether oxygens (including phenoxy) is 1. The van der Waals surface area contributed by atoms with E-state index in [4.69, 9.17) is 21.4 Å². The molecule has 0 aromatic heterocycles. The fourth-order valence-corrected chi connectivity index (χ4v) is 1.60. The molecule has 0 aliphatic rings. The summed E-state index contributed by atoms with van der Waals surface area (Å²) in [6, 6.07) is 5.26. The van der Waals surface area contributed by atoms with Crippen LogP contribution in [0.3, 0.4) is 0 Å². The van der Waals surface area contributed by atoms with Crippen LogP contribution < -0.4 is 4.74 Å². The van der Waals surface area contributed by atoms with Crippen LogP contribution in [0.4, 0.5) is 0 Å². The molecule has 0 radical (unpaired) electrons. The quantitative estimate of drug-likeness (QED) is 0.797. The molecule has 0 spiro atoms. The van der Waals surface area contributed by atoms with Gasteiger partial charge < -0.3 is 9.84 Å². The first-order chi connectivity index (χ1) is 8.50. The summed E-state index contributed by atoms with van der Waals surface area (Å²) in [6.07, 6.45) is 3.48. The normalized spacial score (nSPS) is 11.1. The molecule has 0 saturated heterocycles. The molecule has 0 amide bonds. The summed E-state index contributed by atoms with van der Waals surface area (Å²) in [4.78, 5) is 10.5. The molecule has 1 rings (SSSR count). The summed E-state index contributed by atoms with van der Waals surface area (Å²) < 4.78 is 5.63. The Labute approximate surface area is 112 Å². The zero-order valence-electron chi connectivity index (χ0n) is 10.5. The molecule has 3 nitrogen and oxygen atoms in total. The monoisotopic (exact) mass is 268 g/mol. The molecule has 4 heteroatoms. The number of hydrogen-bond donors (Lipinski definition) is 1. The van der Waals surface area contributed by atoms with Crippen molar-refractivity contribution in [3.05, 3.63) is 34.9 Å². The van der Waals surface area contributed by atoms with Crippen molar-refractivity contribution in [2.75, 3.05) is 6.61 Å². The smallest absolute Gasteiger partial charge is 0.328 e. The lowest BCUT2D eigenvalue weighted by Gasteiger charge is -2.12. The van der Waals surface area contributed by atoms with E-state index in [9.17, 15) is 4.79 Å². The number of carboxylic acid groups (broad SMARTS) is 1. The van der Waals surface area contributed by atoms with E-state index in [0.29, 0.717) is 28.9 Å². The Bertz CT molecular complexity index is 439. The van der Waals surface area contributed by atoms with Crippen molar-refractivity contribution in [2.45, 2.75) is 20.3 Å². The van der Waals surface area contributed by atoms with Crippen molar-refractivity contribution in [1.82, 2.24) is 0 Å². The van der Waals surface area contributed by atoms with Crippen LogP contribution in [0.5, 0.6) is 5.75 Å². The average molecular weight is 269 g/mol. The fraction of sp³-hybridized carbons (Fsp3) is 0.357. The van der Waals surface area contributed by atoms with Crippen LogP contribution in [0.2, 0.25) is 5.02 Å². The van der Waals surface area contributed by atoms with E-state index in [0.717, 1.165) is 12.5 Å². The Morgan fingerprint density at radius 3 is 2.83 bits per heavy atom. The SMILES string of the molecule is CC(C)CCOc1c(Cl)cccc1/C=C/C(=O)O. The highest BCUT2D eigenvalue weighted by Crippen LogP contribution is 2.29. The van der Waals surface area contributed by atoms with Crippen LogP contribution in [-0.4, -0.2) is 17.7 Å². The summed E-state index contributed by atoms with van der Waals surface area (Å²) in [5, 5.41) is 9.12. The van der Waals surface area contributed by atoms with Crippen LogP contribution in [0.25, 0.3) is 6.08 Å². The second kappa shape index (κ2) is 7.07. The van der Waals surface area contributed by atoms with Crippen molar-refractivity contribution < 1.29 is 14.6 Å². The van der Waals surface area contributed by atoms with Gasteiger partial charge in [-0.25, -0.2) is 4.79 Å². The predicted octanol–water partition coefficient (Wildman–Crippen LogP) is 3.86. The number of carboxylic acids is 1. The van der Waals surface area contributed by atoms with E-state index >= 15 is 0 Å². The fourth-order valence-electron chi connectivity index (χ4n) is 1.37. The summed E-state index contributed by atoms with van der Waals surface area (Å²) in [5.41, 5.74) is 0.675. The molecule has 0 atom stereocenters. The third kappa shape index (κ3) is 4.80. The second-order valence-corrected chi connectivity index (χ2v) is 4.77. The van der Waals surface area contributed by atoms with Crippen molar-refractivity contribution >= 4 is 23.6 Å². The van der Waals surface area contributed by atoms with E-state index in [-0.39, 0.29) is 0 Å². The van der Waals surface area contributed by atoms with Gasteiger partial charge in [-0.2, -0.15) is 0 Å². The second-order valence-electron chi connectivity index (χ2n) is 4.36. The lowest BCUT2D eigenvalue weighted by Crippen LogP contribution is -2.03. The summed E-state index contributed by atoms with van der Waals surface area (Å²) in [7, 11) is 0. The first kappa shape index (κ1) is 14.6. The maximum absolute atomic E-state index is 10.5. The van der Waals surface area contributed by atoms with E-state index in [1.54, 1.807) is 18.2 Å². The minimum absolute atomic E-state index is 0.492. The summed E-state index contributed by atoms with van der Waals surface area (Å²) in [6.45, 7) is 4.79. The Balaban J connectivity index is 2.83. The Morgan fingerprint density at radius 2 is 2.22 bits per heavy atom. The largest absolute Gasteiger partial charge is 0.491 e. The Hall–Kier alpha value is -1.48. The van der Waals surface area contributed by atoms with Crippen LogP contribution in [0.15, 0.2) is 24.3 Å². The van der Waals surface area contributed by atoms with Crippen LogP contribution in [-0.2, 0) is 4.79 Å². The van der Waals surface area contributed by atoms with Gasteiger partial charge in [-0.1, -0.05) is 37.6 Å². The number of benzene rings is 1. The van der Waals surface area contributed by atoms with Crippen molar-refractivity contribution in [2.24, 2.45) is 5.92 Å². The molecule has 0 bridgehead atoms. The molecule has 1 aromatic rings. The Kier molecular flexibility index (Phi) is 5.72. The van der Waals surface area contributed by atoms with Gasteiger partial charge in [-0.05, 0) is 24.5 Å². The van der Waals surface area contributed by atoms with Gasteiger partial charge in [0.25, 0.3) is 0 Å². The predicted molar refractivity (Wildman–Crippen MR) is 73.1 cm³/mol. The van der Waals surface area contributed by atoms with Crippen LogP contribution in [0, 0.1) is 5.92 Å². The molecular weight excluding hydrogens is 252 g/mol. The molecule has 0 fully saturated rings. The van der Waals surface area contributed by atoms with Gasteiger partial charge in [0.1, 0.15) is 5.75 Å². The molecule has 0 saturated carbocycles. The van der Waals surface area contributed by atoms with Crippen LogP contribution in [0.1, 0.15) is 25.8 Å². The van der Waals surface area contributed by atoms with Gasteiger partial charge in [-0.15, -0.1) is 0 Å². The highest BCUT2D eigenvalue weighted by molar-refractivity contribution is 6.32. The van der Waals surface area contributed by atoms with Gasteiger partial charge in [0, 0.05) is 11.6 Å². The van der Waals surface area contributed by atoms with Crippen molar-refractivity contribution in [1.29, 1.82) is 0 Å². The molecule has 18 heavy (non-hydrogen) atoms. The molecule has 98 valence electrons. The summed E-state index contributed by atoms with van der Waals surface area (Å²) in [5.74, 6) is 0.0888. The average Bonchev–Trinajstić information content (AvgIpc) is 2.28. The number of aliphatic carboxylic acids is 1. The van der Waals surface area contributed by atoms with E-state index in [1.165, 1.54) is 6.08 Å². The maximum Gasteiger partial charge on any atom is 0.328 e. The third-order valence-corrected chi connectivity index (χ3v) is 2.64. The van der Waals surface area contributed by atoms with E-state index in [2.05, 4.69) is 13.8 Å². The number of rotatable bonds is 6. The highest BCUT2D eigenvalue weighted by Gasteiger charge is 2.07. The lowest BCUT2D eigenvalue weighted by atomic mass is 10.1.